The number of rotatable bonds is 1. The Labute approximate surface area is 96.8 Å². The standard InChI is InChI=1S/2Na.H2O4S2.H/c;;1-5(2)6(3)4;/h;;(H,1,2)(H,3,4);/q2*+1;;-1/p-2. The molecule has 0 bridgehead atoms. The zero-order valence-corrected chi connectivity index (χ0v) is 10.1. The van der Waals surface area contributed by atoms with Crippen LogP contribution in [0.2, 0.25) is 0 Å². The van der Waals surface area contributed by atoms with Crippen molar-refractivity contribution in [3.8, 4) is 0 Å². The van der Waals surface area contributed by atoms with Gasteiger partial charge in [0.25, 0.3) is 0 Å². The van der Waals surface area contributed by atoms with Gasteiger partial charge in [-0.2, -0.15) is 0 Å². The molecule has 8 heteroatoms. The quantitative estimate of drug-likeness (QED) is 0.225. The Morgan fingerprint density at radius 1 is 1.00 bits per heavy atom. The van der Waals surface area contributed by atoms with Crippen LogP contribution >= 0.6 is 0 Å². The first-order valence-corrected chi connectivity index (χ1v) is 3.50. The summed E-state index contributed by atoms with van der Waals surface area (Å²) in [6.45, 7) is 0. The Kier molecular flexibility index (Phi) is 19.2. The first-order chi connectivity index (χ1) is 2.64. The molecule has 4 nitrogen and oxygen atoms in total. The molecule has 0 saturated heterocycles. The summed E-state index contributed by atoms with van der Waals surface area (Å²) in [6, 6.07) is 0. The van der Waals surface area contributed by atoms with Crippen LogP contribution in [0.1, 0.15) is 1.43 Å². The Morgan fingerprint density at radius 2 is 1.12 bits per heavy atom. The van der Waals surface area contributed by atoms with Crippen molar-refractivity contribution in [2.75, 3.05) is 0 Å². The minimum Gasteiger partial charge on any atom is -1.00 e. The van der Waals surface area contributed by atoms with Crippen LogP contribution in [-0.2, 0) is 20.2 Å². The minimum absolute atomic E-state index is 0. The van der Waals surface area contributed by atoms with E-state index in [1.54, 1.807) is 0 Å². The molecule has 0 rings (SSSR count). The molecule has 8 heavy (non-hydrogen) atoms. The Bertz CT molecular complexity index is 82.6. The molecular formula is HNa2O4S2-. The first kappa shape index (κ1) is 16.7. The van der Waals surface area contributed by atoms with E-state index in [4.69, 9.17) is 17.5 Å². The molecule has 40 valence electrons. The van der Waals surface area contributed by atoms with Crippen molar-refractivity contribution in [3.05, 3.63) is 0 Å². The third-order valence-electron chi connectivity index (χ3n) is 0.111. The molecule has 0 aromatic heterocycles. The summed E-state index contributed by atoms with van der Waals surface area (Å²) in [5.74, 6) is 0. The van der Waals surface area contributed by atoms with Crippen molar-refractivity contribution in [1.29, 1.82) is 0 Å². The van der Waals surface area contributed by atoms with Crippen LogP contribution in [0.25, 0.3) is 0 Å². The van der Waals surface area contributed by atoms with E-state index < -0.39 is 20.2 Å². The monoisotopic (exact) mass is 175 g/mol. The van der Waals surface area contributed by atoms with Gasteiger partial charge in [0.15, 0.2) is 0 Å². The molecule has 0 fully saturated rings. The molecule has 0 aliphatic heterocycles. The molecular weight excluding hydrogens is 174 g/mol. The second-order valence-corrected chi connectivity index (χ2v) is 2.86. The summed E-state index contributed by atoms with van der Waals surface area (Å²) in [5.41, 5.74) is 0. The molecule has 0 aliphatic carbocycles. The molecule has 0 heterocycles. The maximum Gasteiger partial charge on any atom is 1.00 e. The molecule has 0 amide bonds. The van der Waals surface area contributed by atoms with Gasteiger partial charge in [0.1, 0.15) is 0 Å². The molecule has 0 N–H and O–H groups in total. The van der Waals surface area contributed by atoms with Crippen LogP contribution < -0.4 is 59.1 Å². The largest absolute Gasteiger partial charge is 1.00 e. The predicted octanol–water partition coefficient (Wildman–Crippen LogP) is -7.22. The molecule has 0 aromatic carbocycles. The summed E-state index contributed by atoms with van der Waals surface area (Å²) >= 11 is 0. The summed E-state index contributed by atoms with van der Waals surface area (Å²) in [5, 5.41) is 0. The molecule has 0 saturated carbocycles. The van der Waals surface area contributed by atoms with Gasteiger partial charge in [-0.05, 0) is 0 Å². The van der Waals surface area contributed by atoms with Gasteiger partial charge in [-0.25, -0.2) is 0 Å². The second kappa shape index (κ2) is 9.22. The Hall–Kier alpha value is 2.22. The molecule has 2 unspecified atom stereocenters. The van der Waals surface area contributed by atoms with Crippen molar-refractivity contribution >= 4 is 20.2 Å². The fourth-order valence-electron chi connectivity index (χ4n) is 0. The fourth-order valence-corrected chi connectivity index (χ4v) is 0. The summed E-state index contributed by atoms with van der Waals surface area (Å²) in [6.07, 6.45) is 0. The van der Waals surface area contributed by atoms with Crippen LogP contribution in [0.15, 0.2) is 0 Å². The van der Waals surface area contributed by atoms with E-state index in [1.165, 1.54) is 0 Å². The average molecular weight is 175 g/mol. The van der Waals surface area contributed by atoms with Gasteiger partial charge in [-0.3, -0.25) is 8.42 Å². The minimum atomic E-state index is -2.95. The zero-order valence-electron chi connectivity index (χ0n) is 5.45. The van der Waals surface area contributed by atoms with Crippen LogP contribution in [-0.4, -0.2) is 17.5 Å². The van der Waals surface area contributed by atoms with Crippen molar-refractivity contribution in [1.82, 2.24) is 0 Å². The van der Waals surface area contributed by atoms with E-state index >= 15 is 0 Å². The van der Waals surface area contributed by atoms with Crippen molar-refractivity contribution < 1.29 is 78.1 Å². The van der Waals surface area contributed by atoms with E-state index in [1.807, 2.05) is 0 Å². The zero-order chi connectivity index (χ0) is 5.15. The molecule has 0 aromatic rings. The van der Waals surface area contributed by atoms with Crippen LogP contribution in [0.4, 0.5) is 0 Å². The SMILES string of the molecule is O=S([O-])S(=O)[O-].[H-].[Na+].[Na+]. The average Bonchev–Trinajstić information content (AvgIpc) is 1.36. The van der Waals surface area contributed by atoms with Crippen LogP contribution in [0.3, 0.4) is 0 Å². The fraction of sp³-hybridized carbons (Fsp3) is 0. The summed E-state index contributed by atoms with van der Waals surface area (Å²) in [7, 11) is -5.90. The molecule has 0 spiro atoms. The van der Waals surface area contributed by atoms with Gasteiger partial charge in [0.2, 0.25) is 0 Å². The van der Waals surface area contributed by atoms with Gasteiger partial charge in [-0.15, -0.1) is 0 Å². The molecule has 2 atom stereocenters. The maximum atomic E-state index is 9.09. The third-order valence-corrected chi connectivity index (χ3v) is 1.00. The third kappa shape index (κ3) is 11.1. The van der Waals surface area contributed by atoms with Gasteiger partial charge in [0.05, 0.1) is 0 Å². The van der Waals surface area contributed by atoms with E-state index in [0.717, 1.165) is 0 Å². The van der Waals surface area contributed by atoms with Gasteiger partial charge in [0, 0.05) is 20.2 Å². The summed E-state index contributed by atoms with van der Waals surface area (Å²) in [4.78, 5) is 0. The smallest absolute Gasteiger partial charge is 1.00 e. The summed E-state index contributed by atoms with van der Waals surface area (Å²) < 4.78 is 36.3. The normalized spacial score (nSPS) is 14.8. The topological polar surface area (TPSA) is 80.3 Å². The molecule has 0 aliphatic rings. The van der Waals surface area contributed by atoms with E-state index in [0.29, 0.717) is 0 Å². The Balaban J connectivity index is -0.0000000417. The number of hydrogen-bond acceptors (Lipinski definition) is 4. The second-order valence-electron chi connectivity index (χ2n) is 0.408. The molecule has 0 radical (unpaired) electrons. The predicted molar refractivity (Wildman–Crippen MR) is 19.0 cm³/mol. The van der Waals surface area contributed by atoms with E-state index in [-0.39, 0.29) is 60.5 Å². The van der Waals surface area contributed by atoms with Crippen molar-refractivity contribution in [3.63, 3.8) is 0 Å². The van der Waals surface area contributed by atoms with Gasteiger partial charge >= 0.3 is 59.1 Å². The maximum absolute atomic E-state index is 9.09. The van der Waals surface area contributed by atoms with Crippen LogP contribution in [0.5, 0.6) is 0 Å². The Morgan fingerprint density at radius 3 is 1.12 bits per heavy atom. The van der Waals surface area contributed by atoms with E-state index in [9.17, 15) is 0 Å². The van der Waals surface area contributed by atoms with Crippen LogP contribution in [0, 0.1) is 0 Å². The van der Waals surface area contributed by atoms with Crippen molar-refractivity contribution in [2.24, 2.45) is 0 Å². The van der Waals surface area contributed by atoms with Crippen molar-refractivity contribution in [2.45, 2.75) is 0 Å². The van der Waals surface area contributed by atoms with E-state index in [2.05, 4.69) is 0 Å². The number of hydrogen-bond donors (Lipinski definition) is 0. The van der Waals surface area contributed by atoms with Gasteiger partial charge in [-0.1, -0.05) is 0 Å². The first-order valence-electron chi connectivity index (χ1n) is 0.833. The van der Waals surface area contributed by atoms with Gasteiger partial charge < -0.3 is 10.5 Å².